The van der Waals surface area contributed by atoms with Gasteiger partial charge in [-0.25, -0.2) is 4.68 Å². The maximum absolute atomic E-state index is 12.7. The molecule has 0 aliphatic heterocycles. The van der Waals surface area contributed by atoms with Gasteiger partial charge in [-0.1, -0.05) is 6.07 Å². The SMILES string of the molecule is Cn1cccc1-c1cc(C(=O)NC2CC2)n(-c2cccc([N+](=O)[O-])c2)n1. The summed E-state index contributed by atoms with van der Waals surface area (Å²) < 4.78 is 3.37. The summed E-state index contributed by atoms with van der Waals surface area (Å²) in [6.07, 6.45) is 3.84. The summed E-state index contributed by atoms with van der Waals surface area (Å²) in [5.74, 6) is -0.230. The summed E-state index contributed by atoms with van der Waals surface area (Å²) >= 11 is 0. The van der Waals surface area contributed by atoms with Crippen molar-refractivity contribution in [1.29, 1.82) is 0 Å². The number of non-ortho nitro benzene ring substituents is 1. The second-order valence-corrected chi connectivity index (χ2v) is 6.36. The molecule has 0 unspecified atom stereocenters. The van der Waals surface area contributed by atoms with E-state index in [1.54, 1.807) is 18.2 Å². The largest absolute Gasteiger partial charge is 0.349 e. The molecule has 1 N–H and O–H groups in total. The molecule has 1 aliphatic carbocycles. The van der Waals surface area contributed by atoms with Gasteiger partial charge in [-0.2, -0.15) is 5.10 Å². The predicted molar refractivity (Wildman–Crippen MR) is 95.1 cm³/mol. The second kappa shape index (κ2) is 6.14. The Labute approximate surface area is 149 Å². The minimum atomic E-state index is -0.463. The number of benzene rings is 1. The maximum atomic E-state index is 12.7. The smallest absolute Gasteiger partial charge is 0.271 e. The zero-order valence-corrected chi connectivity index (χ0v) is 14.1. The van der Waals surface area contributed by atoms with E-state index in [0.29, 0.717) is 17.1 Å². The lowest BCUT2D eigenvalue weighted by molar-refractivity contribution is -0.384. The number of carbonyl (C=O) groups is 1. The van der Waals surface area contributed by atoms with Gasteiger partial charge in [0.15, 0.2) is 0 Å². The Kier molecular flexibility index (Phi) is 3.80. The number of aryl methyl sites for hydroxylation is 1. The van der Waals surface area contributed by atoms with Gasteiger partial charge in [0, 0.05) is 31.4 Å². The standard InChI is InChI=1S/C18H17N5O3/c1-21-9-3-6-16(21)15-11-17(18(24)19-12-7-8-12)22(20-15)13-4-2-5-14(10-13)23(25)26/h2-6,9-12H,7-8H2,1H3,(H,19,24). The molecule has 1 fully saturated rings. The molecule has 2 aromatic heterocycles. The van der Waals surface area contributed by atoms with Gasteiger partial charge in [0.05, 0.1) is 16.3 Å². The number of nitro groups is 1. The van der Waals surface area contributed by atoms with E-state index in [9.17, 15) is 14.9 Å². The van der Waals surface area contributed by atoms with Gasteiger partial charge < -0.3 is 9.88 Å². The Bertz CT molecular complexity index is 1000. The molecule has 0 atom stereocenters. The van der Waals surface area contributed by atoms with Crippen molar-refractivity contribution in [2.75, 3.05) is 0 Å². The third-order valence-corrected chi connectivity index (χ3v) is 4.35. The minimum absolute atomic E-state index is 0.0491. The molecule has 132 valence electrons. The average Bonchev–Trinajstić information content (AvgIpc) is 3.16. The number of hydrogen-bond acceptors (Lipinski definition) is 4. The molecule has 8 heteroatoms. The van der Waals surface area contributed by atoms with Crippen molar-refractivity contribution in [2.24, 2.45) is 7.05 Å². The van der Waals surface area contributed by atoms with Crippen molar-refractivity contribution in [3.8, 4) is 17.1 Å². The molecule has 1 aliphatic rings. The first kappa shape index (κ1) is 16.1. The summed E-state index contributed by atoms with van der Waals surface area (Å²) in [5.41, 5.74) is 2.26. The first-order valence-electron chi connectivity index (χ1n) is 8.30. The van der Waals surface area contributed by atoms with Gasteiger partial charge in [0.2, 0.25) is 0 Å². The Morgan fingerprint density at radius 2 is 2.08 bits per heavy atom. The highest BCUT2D eigenvalue weighted by atomic mass is 16.6. The van der Waals surface area contributed by atoms with E-state index in [1.165, 1.54) is 16.8 Å². The highest BCUT2D eigenvalue weighted by Gasteiger charge is 2.27. The molecule has 0 radical (unpaired) electrons. The monoisotopic (exact) mass is 351 g/mol. The number of nitrogens with one attached hydrogen (secondary N) is 1. The molecule has 0 saturated heterocycles. The fraction of sp³-hybridized carbons (Fsp3) is 0.222. The van der Waals surface area contributed by atoms with Crippen LogP contribution in [0.25, 0.3) is 17.1 Å². The number of nitro benzene ring substituents is 1. The van der Waals surface area contributed by atoms with E-state index in [2.05, 4.69) is 10.4 Å². The van der Waals surface area contributed by atoms with Gasteiger partial charge in [0.25, 0.3) is 11.6 Å². The van der Waals surface area contributed by atoms with E-state index in [0.717, 1.165) is 18.5 Å². The summed E-state index contributed by atoms with van der Waals surface area (Å²) in [6, 6.07) is 11.8. The van der Waals surface area contributed by atoms with Crippen LogP contribution in [-0.4, -0.2) is 31.2 Å². The van der Waals surface area contributed by atoms with Crippen molar-refractivity contribution in [3.63, 3.8) is 0 Å². The third-order valence-electron chi connectivity index (χ3n) is 4.35. The zero-order chi connectivity index (χ0) is 18.3. The molecular formula is C18H17N5O3. The van der Waals surface area contributed by atoms with Gasteiger partial charge in [-0.3, -0.25) is 14.9 Å². The zero-order valence-electron chi connectivity index (χ0n) is 14.1. The first-order valence-corrected chi connectivity index (χ1v) is 8.30. The molecule has 26 heavy (non-hydrogen) atoms. The highest BCUT2D eigenvalue weighted by molar-refractivity contribution is 5.94. The van der Waals surface area contributed by atoms with Gasteiger partial charge >= 0.3 is 0 Å². The van der Waals surface area contributed by atoms with Crippen LogP contribution in [0.5, 0.6) is 0 Å². The number of nitrogens with zero attached hydrogens (tertiary/aromatic N) is 4. The number of carbonyl (C=O) groups excluding carboxylic acids is 1. The van der Waals surface area contributed by atoms with Crippen molar-refractivity contribution in [3.05, 3.63) is 64.5 Å². The van der Waals surface area contributed by atoms with Crippen LogP contribution >= 0.6 is 0 Å². The second-order valence-electron chi connectivity index (χ2n) is 6.36. The van der Waals surface area contributed by atoms with Gasteiger partial charge in [-0.15, -0.1) is 0 Å². The molecule has 1 saturated carbocycles. The molecule has 2 heterocycles. The lowest BCUT2D eigenvalue weighted by atomic mass is 10.2. The van der Waals surface area contributed by atoms with Crippen molar-refractivity contribution in [1.82, 2.24) is 19.7 Å². The molecule has 3 aromatic rings. The van der Waals surface area contributed by atoms with E-state index in [-0.39, 0.29) is 17.6 Å². The number of rotatable bonds is 5. The van der Waals surface area contributed by atoms with E-state index in [4.69, 9.17) is 0 Å². The minimum Gasteiger partial charge on any atom is -0.349 e. The van der Waals surface area contributed by atoms with Crippen LogP contribution in [0.4, 0.5) is 5.69 Å². The van der Waals surface area contributed by atoms with E-state index in [1.807, 2.05) is 29.9 Å². The third kappa shape index (κ3) is 2.97. The van der Waals surface area contributed by atoms with Crippen molar-refractivity contribution >= 4 is 11.6 Å². The number of amides is 1. The lowest BCUT2D eigenvalue weighted by Crippen LogP contribution is -2.27. The summed E-state index contributed by atoms with van der Waals surface area (Å²) in [7, 11) is 1.89. The topological polar surface area (TPSA) is 95.0 Å². The summed E-state index contributed by atoms with van der Waals surface area (Å²) in [4.78, 5) is 23.3. The molecule has 4 rings (SSSR count). The van der Waals surface area contributed by atoms with Crippen LogP contribution < -0.4 is 5.32 Å². The van der Waals surface area contributed by atoms with Crippen LogP contribution in [0.15, 0.2) is 48.7 Å². The van der Waals surface area contributed by atoms with Gasteiger partial charge in [0.1, 0.15) is 11.4 Å². The molecule has 1 amide bonds. The van der Waals surface area contributed by atoms with Crippen LogP contribution in [-0.2, 0) is 7.05 Å². The van der Waals surface area contributed by atoms with Gasteiger partial charge in [-0.05, 0) is 37.1 Å². The van der Waals surface area contributed by atoms with Crippen molar-refractivity contribution < 1.29 is 9.72 Å². The van der Waals surface area contributed by atoms with Crippen LogP contribution in [0.1, 0.15) is 23.3 Å². The molecule has 1 aromatic carbocycles. The Morgan fingerprint density at radius 1 is 1.27 bits per heavy atom. The predicted octanol–water partition coefficient (Wildman–Crippen LogP) is 2.68. The van der Waals surface area contributed by atoms with E-state index < -0.39 is 4.92 Å². The quantitative estimate of drug-likeness (QED) is 0.565. The summed E-state index contributed by atoms with van der Waals surface area (Å²) in [6.45, 7) is 0. The molecule has 0 bridgehead atoms. The van der Waals surface area contributed by atoms with Crippen molar-refractivity contribution in [2.45, 2.75) is 18.9 Å². The van der Waals surface area contributed by atoms with Crippen LogP contribution in [0, 0.1) is 10.1 Å². The Morgan fingerprint density at radius 3 is 2.73 bits per heavy atom. The van der Waals surface area contributed by atoms with Crippen LogP contribution in [0.2, 0.25) is 0 Å². The fourth-order valence-electron chi connectivity index (χ4n) is 2.82. The number of hydrogen-bond donors (Lipinski definition) is 1. The maximum Gasteiger partial charge on any atom is 0.271 e. The Hall–Kier alpha value is -3.42. The highest BCUT2D eigenvalue weighted by Crippen LogP contribution is 2.25. The average molecular weight is 351 g/mol. The number of aromatic nitrogens is 3. The molecular weight excluding hydrogens is 334 g/mol. The van der Waals surface area contributed by atoms with Crippen LogP contribution in [0.3, 0.4) is 0 Å². The first-order chi connectivity index (χ1) is 12.5. The Balaban J connectivity index is 1.82. The normalized spacial score (nSPS) is 13.6. The molecule has 8 nitrogen and oxygen atoms in total. The summed E-state index contributed by atoms with van der Waals surface area (Å²) in [5, 5.41) is 18.6. The lowest BCUT2D eigenvalue weighted by Gasteiger charge is -2.07. The van der Waals surface area contributed by atoms with E-state index >= 15 is 0 Å². The fourth-order valence-corrected chi connectivity index (χ4v) is 2.82. The molecule has 0 spiro atoms.